The number of anilines is 1. The molecule has 1 aliphatic rings. The lowest BCUT2D eigenvalue weighted by Crippen LogP contribution is -2.68. The van der Waals surface area contributed by atoms with Crippen molar-refractivity contribution >= 4 is 35.3 Å². The molecule has 2 aromatic carbocycles. The van der Waals surface area contributed by atoms with Gasteiger partial charge in [0.05, 0.1) is 12.6 Å². The number of halogens is 4. The first-order valence-electron chi connectivity index (χ1n) is 10.3. The van der Waals surface area contributed by atoms with Gasteiger partial charge in [-0.05, 0) is 43.7 Å². The number of carbonyl (C=O) groups excluding carboxylic acids is 2. The van der Waals surface area contributed by atoms with Crippen LogP contribution in [0.3, 0.4) is 0 Å². The Bertz CT molecular complexity index is 1120. The SMILES string of the molecule is CC(C)Oc1ccc(NC2NC(=O)N(CC(F)(F)C(=O)O)C(=O)N2Cc2ccc(Cl)cc2)cc1F. The molecule has 1 unspecified atom stereocenters. The second-order valence-corrected chi connectivity index (χ2v) is 8.38. The van der Waals surface area contributed by atoms with Gasteiger partial charge in [-0.15, -0.1) is 0 Å². The molecule has 0 spiro atoms. The summed E-state index contributed by atoms with van der Waals surface area (Å²) in [5.41, 5.74) is 0.685. The fourth-order valence-corrected chi connectivity index (χ4v) is 3.31. The van der Waals surface area contributed by atoms with Crippen LogP contribution in [-0.4, -0.2) is 57.8 Å². The predicted octanol–water partition coefficient (Wildman–Crippen LogP) is 4.33. The summed E-state index contributed by atoms with van der Waals surface area (Å²) in [6.45, 7) is 1.60. The summed E-state index contributed by atoms with van der Waals surface area (Å²) < 4.78 is 47.4. The molecule has 0 aromatic heterocycles. The van der Waals surface area contributed by atoms with Crippen molar-refractivity contribution in [2.75, 3.05) is 11.9 Å². The largest absolute Gasteiger partial charge is 0.488 e. The van der Waals surface area contributed by atoms with Crippen LogP contribution in [0.1, 0.15) is 19.4 Å². The van der Waals surface area contributed by atoms with Gasteiger partial charge in [-0.25, -0.2) is 23.7 Å². The quantitative estimate of drug-likeness (QED) is 0.459. The highest BCUT2D eigenvalue weighted by Gasteiger charge is 2.48. The number of aliphatic carboxylic acids is 1. The first kappa shape index (κ1) is 25.9. The number of nitrogens with one attached hydrogen (secondary N) is 2. The number of nitrogens with zero attached hydrogens (tertiary/aromatic N) is 2. The van der Waals surface area contributed by atoms with Crippen molar-refractivity contribution in [2.45, 2.75) is 38.7 Å². The Balaban J connectivity index is 1.89. The standard InChI is InChI=1S/C22H22ClF3N4O5/c1-12(2)35-17-8-7-15(9-16(17)24)27-19-28-20(33)30(11-22(25,26)18(31)32)21(34)29(19)10-13-3-5-14(23)6-4-13/h3-9,12,19,27H,10-11H2,1-2H3,(H,28,33)(H,31,32). The van der Waals surface area contributed by atoms with Crippen molar-refractivity contribution < 1.29 is 37.4 Å². The lowest BCUT2D eigenvalue weighted by atomic mass is 10.2. The number of imide groups is 1. The molecule has 188 valence electrons. The molecule has 1 heterocycles. The van der Waals surface area contributed by atoms with Gasteiger partial charge in [-0.3, -0.25) is 10.2 Å². The van der Waals surface area contributed by atoms with E-state index in [9.17, 15) is 27.6 Å². The fourth-order valence-electron chi connectivity index (χ4n) is 3.19. The van der Waals surface area contributed by atoms with Crippen molar-refractivity contribution in [3.8, 4) is 5.75 Å². The van der Waals surface area contributed by atoms with E-state index in [1.165, 1.54) is 12.1 Å². The van der Waals surface area contributed by atoms with Crippen LogP contribution in [0.4, 0.5) is 28.4 Å². The number of carboxylic acid groups (broad SMARTS) is 1. The number of hydrogen-bond donors (Lipinski definition) is 3. The second kappa shape index (κ2) is 10.3. The molecule has 35 heavy (non-hydrogen) atoms. The van der Waals surface area contributed by atoms with Gasteiger partial charge >= 0.3 is 24.0 Å². The van der Waals surface area contributed by atoms with Gasteiger partial charge in [-0.2, -0.15) is 8.78 Å². The molecule has 2 aromatic rings. The van der Waals surface area contributed by atoms with Crippen LogP contribution in [-0.2, 0) is 11.3 Å². The predicted molar refractivity (Wildman–Crippen MR) is 120 cm³/mol. The molecule has 1 aliphatic heterocycles. The van der Waals surface area contributed by atoms with Gasteiger partial charge in [-0.1, -0.05) is 23.7 Å². The number of rotatable bonds is 9. The van der Waals surface area contributed by atoms with E-state index in [-0.39, 0.29) is 29.0 Å². The van der Waals surface area contributed by atoms with Crippen LogP contribution >= 0.6 is 11.6 Å². The highest BCUT2D eigenvalue weighted by atomic mass is 35.5. The molecule has 0 saturated carbocycles. The number of carbonyl (C=O) groups is 3. The molecule has 13 heteroatoms. The molecule has 0 radical (unpaired) electrons. The monoisotopic (exact) mass is 514 g/mol. The van der Waals surface area contributed by atoms with E-state index < -0.39 is 42.6 Å². The summed E-state index contributed by atoms with van der Waals surface area (Å²) in [7, 11) is 0. The zero-order chi connectivity index (χ0) is 25.9. The van der Waals surface area contributed by atoms with Gasteiger partial charge in [0.2, 0.25) is 0 Å². The number of hydrogen-bond acceptors (Lipinski definition) is 5. The molecule has 0 bridgehead atoms. The molecule has 9 nitrogen and oxygen atoms in total. The summed E-state index contributed by atoms with van der Waals surface area (Å²) in [5, 5.41) is 14.2. The maximum absolute atomic E-state index is 14.4. The van der Waals surface area contributed by atoms with E-state index >= 15 is 0 Å². The third kappa shape index (κ3) is 6.27. The minimum Gasteiger partial charge on any atom is -0.488 e. The summed E-state index contributed by atoms with van der Waals surface area (Å²) in [6.07, 6.45) is -1.56. The number of ether oxygens (including phenoxy) is 1. The molecule has 1 atom stereocenters. The average Bonchev–Trinajstić information content (AvgIpc) is 2.77. The van der Waals surface area contributed by atoms with Crippen molar-refractivity contribution in [1.82, 2.24) is 15.1 Å². The van der Waals surface area contributed by atoms with E-state index in [2.05, 4.69) is 10.6 Å². The first-order valence-corrected chi connectivity index (χ1v) is 10.7. The van der Waals surface area contributed by atoms with Crippen molar-refractivity contribution in [3.63, 3.8) is 0 Å². The van der Waals surface area contributed by atoms with E-state index in [0.717, 1.165) is 11.0 Å². The summed E-state index contributed by atoms with van der Waals surface area (Å²) in [5.74, 6) is -7.56. The van der Waals surface area contributed by atoms with Crippen LogP contribution < -0.4 is 15.4 Å². The molecular formula is C22H22ClF3N4O5. The van der Waals surface area contributed by atoms with Crippen LogP contribution in [0.2, 0.25) is 5.02 Å². The van der Waals surface area contributed by atoms with Crippen molar-refractivity contribution in [3.05, 3.63) is 58.9 Å². The molecule has 4 amide bonds. The van der Waals surface area contributed by atoms with Crippen molar-refractivity contribution in [2.24, 2.45) is 0 Å². The smallest absolute Gasteiger partial charge is 0.376 e. The fraction of sp³-hybridized carbons (Fsp3) is 0.318. The highest BCUT2D eigenvalue weighted by molar-refractivity contribution is 6.30. The first-order chi connectivity index (χ1) is 16.4. The third-order valence-corrected chi connectivity index (χ3v) is 5.08. The van der Waals surface area contributed by atoms with Crippen LogP contribution in [0, 0.1) is 5.82 Å². The minimum atomic E-state index is -4.37. The second-order valence-electron chi connectivity index (χ2n) is 7.94. The van der Waals surface area contributed by atoms with E-state index in [1.807, 2.05) is 0 Å². The maximum Gasteiger partial charge on any atom is 0.376 e. The molecule has 1 saturated heterocycles. The number of urea groups is 2. The zero-order valence-corrected chi connectivity index (χ0v) is 19.4. The number of amides is 4. The van der Waals surface area contributed by atoms with Gasteiger partial charge in [0.15, 0.2) is 17.9 Å². The van der Waals surface area contributed by atoms with E-state index in [0.29, 0.717) is 10.6 Å². The topological polar surface area (TPSA) is 111 Å². The maximum atomic E-state index is 14.4. The average molecular weight is 515 g/mol. The Morgan fingerprint density at radius 3 is 2.46 bits per heavy atom. The third-order valence-electron chi connectivity index (χ3n) is 4.83. The Kier molecular flexibility index (Phi) is 7.64. The zero-order valence-electron chi connectivity index (χ0n) is 18.6. The van der Waals surface area contributed by atoms with Crippen LogP contribution in [0.5, 0.6) is 5.75 Å². The van der Waals surface area contributed by atoms with E-state index in [1.54, 1.807) is 38.1 Å². The Morgan fingerprint density at radius 1 is 1.23 bits per heavy atom. The highest BCUT2D eigenvalue weighted by Crippen LogP contribution is 2.26. The van der Waals surface area contributed by atoms with Gasteiger partial charge < -0.3 is 15.2 Å². The Hall–Kier alpha value is -3.67. The van der Waals surface area contributed by atoms with Crippen molar-refractivity contribution in [1.29, 1.82) is 0 Å². The number of benzene rings is 2. The lowest BCUT2D eigenvalue weighted by molar-refractivity contribution is -0.165. The van der Waals surface area contributed by atoms with Crippen LogP contribution in [0.15, 0.2) is 42.5 Å². The molecular weight excluding hydrogens is 493 g/mol. The Morgan fingerprint density at radius 2 is 1.89 bits per heavy atom. The van der Waals surface area contributed by atoms with Gasteiger partial charge in [0, 0.05) is 16.8 Å². The minimum absolute atomic E-state index is 0.00518. The molecule has 0 aliphatic carbocycles. The summed E-state index contributed by atoms with van der Waals surface area (Å²) in [4.78, 5) is 37.5. The summed E-state index contributed by atoms with van der Waals surface area (Å²) in [6, 6.07) is 7.71. The number of carboxylic acids is 1. The van der Waals surface area contributed by atoms with Gasteiger partial charge in [0.1, 0.15) is 6.54 Å². The molecule has 3 N–H and O–H groups in total. The molecule has 3 rings (SSSR count). The van der Waals surface area contributed by atoms with E-state index in [4.69, 9.17) is 21.4 Å². The molecule has 1 fully saturated rings. The Labute approximate surface area is 203 Å². The normalized spacial score (nSPS) is 16.4. The number of alkyl halides is 2. The van der Waals surface area contributed by atoms with Gasteiger partial charge in [0.25, 0.3) is 0 Å². The summed E-state index contributed by atoms with van der Waals surface area (Å²) >= 11 is 5.88. The lowest BCUT2D eigenvalue weighted by Gasteiger charge is -2.41. The van der Waals surface area contributed by atoms with Crippen LogP contribution in [0.25, 0.3) is 0 Å².